The predicted molar refractivity (Wildman–Crippen MR) is 81.1 cm³/mol. The third kappa shape index (κ3) is 3.48. The Morgan fingerprint density at radius 3 is 2.85 bits per heavy atom. The second-order valence-electron chi connectivity index (χ2n) is 5.59. The van der Waals surface area contributed by atoms with Crippen molar-refractivity contribution in [2.45, 2.75) is 18.5 Å². The molecule has 1 aromatic rings. The van der Waals surface area contributed by atoms with Gasteiger partial charge in [0.1, 0.15) is 5.75 Å². The van der Waals surface area contributed by atoms with Gasteiger partial charge in [-0.2, -0.15) is 0 Å². The SMILES string of the molecule is CNC(c1cncc(OC)c1)C1CN(C)CCCN1C. The van der Waals surface area contributed by atoms with E-state index in [1.165, 1.54) is 12.0 Å². The van der Waals surface area contributed by atoms with Crippen molar-refractivity contribution in [3.8, 4) is 5.75 Å². The number of rotatable bonds is 4. The lowest BCUT2D eigenvalue weighted by molar-refractivity contribution is 0.182. The van der Waals surface area contributed by atoms with Crippen LogP contribution in [-0.4, -0.2) is 68.7 Å². The van der Waals surface area contributed by atoms with Crippen LogP contribution in [0.2, 0.25) is 0 Å². The van der Waals surface area contributed by atoms with Crippen molar-refractivity contribution in [3.05, 3.63) is 24.0 Å². The van der Waals surface area contributed by atoms with Crippen LogP contribution in [0.1, 0.15) is 18.0 Å². The maximum Gasteiger partial charge on any atom is 0.137 e. The summed E-state index contributed by atoms with van der Waals surface area (Å²) in [6, 6.07) is 2.76. The molecule has 2 heterocycles. The van der Waals surface area contributed by atoms with E-state index >= 15 is 0 Å². The van der Waals surface area contributed by atoms with Gasteiger partial charge in [0.15, 0.2) is 0 Å². The first kappa shape index (κ1) is 15.2. The Hall–Kier alpha value is -1.17. The molecule has 0 bridgehead atoms. The van der Waals surface area contributed by atoms with E-state index in [-0.39, 0.29) is 6.04 Å². The van der Waals surface area contributed by atoms with Crippen molar-refractivity contribution in [2.24, 2.45) is 0 Å². The maximum absolute atomic E-state index is 5.30. The van der Waals surface area contributed by atoms with Crippen LogP contribution in [0.5, 0.6) is 5.75 Å². The average molecular weight is 278 g/mol. The minimum Gasteiger partial charge on any atom is -0.495 e. The van der Waals surface area contributed by atoms with Crippen LogP contribution in [0.15, 0.2) is 18.5 Å². The number of nitrogens with one attached hydrogen (secondary N) is 1. The number of hydrogen-bond acceptors (Lipinski definition) is 5. The summed E-state index contributed by atoms with van der Waals surface area (Å²) in [4.78, 5) is 9.15. The maximum atomic E-state index is 5.30. The monoisotopic (exact) mass is 278 g/mol. The first-order chi connectivity index (χ1) is 9.65. The molecule has 1 saturated heterocycles. The van der Waals surface area contributed by atoms with E-state index in [2.05, 4.69) is 40.3 Å². The minimum absolute atomic E-state index is 0.253. The van der Waals surface area contributed by atoms with Gasteiger partial charge in [-0.3, -0.25) is 4.98 Å². The second-order valence-corrected chi connectivity index (χ2v) is 5.59. The number of hydrogen-bond donors (Lipinski definition) is 1. The summed E-state index contributed by atoms with van der Waals surface area (Å²) in [6.45, 7) is 3.34. The van der Waals surface area contributed by atoms with Gasteiger partial charge in [-0.05, 0) is 52.3 Å². The van der Waals surface area contributed by atoms with Crippen LogP contribution in [-0.2, 0) is 0 Å². The Morgan fingerprint density at radius 1 is 1.35 bits per heavy atom. The smallest absolute Gasteiger partial charge is 0.137 e. The molecule has 0 amide bonds. The second kappa shape index (κ2) is 7.02. The number of likely N-dealkylation sites (N-methyl/N-ethyl adjacent to an activating group) is 3. The summed E-state index contributed by atoms with van der Waals surface area (Å²) in [5, 5.41) is 3.45. The van der Waals surface area contributed by atoms with Gasteiger partial charge in [0.25, 0.3) is 0 Å². The molecule has 1 aliphatic rings. The normalized spacial score (nSPS) is 23.3. The lowest BCUT2D eigenvalue weighted by Gasteiger charge is -2.34. The molecule has 5 nitrogen and oxygen atoms in total. The summed E-state index contributed by atoms with van der Waals surface area (Å²) < 4.78 is 5.30. The van der Waals surface area contributed by atoms with Crippen molar-refractivity contribution >= 4 is 0 Å². The fourth-order valence-corrected chi connectivity index (χ4v) is 2.96. The zero-order chi connectivity index (χ0) is 14.5. The molecule has 0 spiro atoms. The van der Waals surface area contributed by atoms with Crippen molar-refractivity contribution in [3.63, 3.8) is 0 Å². The van der Waals surface area contributed by atoms with Crippen LogP contribution >= 0.6 is 0 Å². The molecule has 1 aromatic heterocycles. The Kier molecular flexibility index (Phi) is 5.34. The molecule has 1 aliphatic heterocycles. The predicted octanol–water partition coefficient (Wildman–Crippen LogP) is 0.987. The topological polar surface area (TPSA) is 40.6 Å². The Balaban J connectivity index is 2.24. The van der Waals surface area contributed by atoms with Gasteiger partial charge in [0, 0.05) is 18.8 Å². The number of nitrogens with zero attached hydrogens (tertiary/aromatic N) is 3. The number of ether oxygens (including phenoxy) is 1. The first-order valence-corrected chi connectivity index (χ1v) is 7.20. The van der Waals surface area contributed by atoms with Crippen molar-refractivity contribution in [1.29, 1.82) is 0 Å². The highest BCUT2D eigenvalue weighted by Crippen LogP contribution is 2.24. The fraction of sp³-hybridized carbons (Fsp3) is 0.667. The molecule has 2 unspecified atom stereocenters. The van der Waals surface area contributed by atoms with E-state index in [0.717, 1.165) is 25.4 Å². The highest BCUT2D eigenvalue weighted by molar-refractivity contribution is 5.27. The molecule has 0 aliphatic carbocycles. The van der Waals surface area contributed by atoms with E-state index in [9.17, 15) is 0 Å². The van der Waals surface area contributed by atoms with Gasteiger partial charge in [-0.1, -0.05) is 0 Å². The molecule has 0 saturated carbocycles. The third-order valence-electron chi connectivity index (χ3n) is 4.14. The molecule has 0 aromatic carbocycles. The highest BCUT2D eigenvalue weighted by atomic mass is 16.5. The summed E-state index contributed by atoms with van der Waals surface area (Å²) in [5.41, 5.74) is 1.18. The van der Waals surface area contributed by atoms with E-state index in [1.807, 2.05) is 13.2 Å². The summed E-state index contributed by atoms with van der Waals surface area (Å²) in [7, 11) is 8.11. The Morgan fingerprint density at radius 2 is 2.15 bits per heavy atom. The summed E-state index contributed by atoms with van der Waals surface area (Å²) in [6.07, 6.45) is 4.90. The number of methoxy groups -OCH3 is 1. The lowest BCUT2D eigenvalue weighted by atomic mass is 9.99. The van der Waals surface area contributed by atoms with Gasteiger partial charge in [0.05, 0.1) is 19.3 Å². The van der Waals surface area contributed by atoms with Crippen molar-refractivity contribution in [1.82, 2.24) is 20.1 Å². The Labute approximate surface area is 121 Å². The average Bonchev–Trinajstić information content (AvgIpc) is 2.62. The molecule has 2 rings (SSSR count). The van der Waals surface area contributed by atoms with Crippen molar-refractivity contribution in [2.75, 3.05) is 47.9 Å². The van der Waals surface area contributed by atoms with Gasteiger partial charge < -0.3 is 19.9 Å². The molecule has 1 N–H and O–H groups in total. The molecular formula is C15H26N4O. The van der Waals surface area contributed by atoms with E-state index in [0.29, 0.717) is 6.04 Å². The zero-order valence-electron chi connectivity index (χ0n) is 13.0. The van der Waals surface area contributed by atoms with Crippen LogP contribution in [0.3, 0.4) is 0 Å². The van der Waals surface area contributed by atoms with Crippen molar-refractivity contribution < 1.29 is 4.74 Å². The molecule has 5 heteroatoms. The lowest BCUT2D eigenvalue weighted by Crippen LogP contribution is -2.46. The first-order valence-electron chi connectivity index (χ1n) is 7.20. The molecule has 2 atom stereocenters. The van der Waals surface area contributed by atoms with E-state index in [4.69, 9.17) is 4.74 Å². The van der Waals surface area contributed by atoms with Gasteiger partial charge in [0.2, 0.25) is 0 Å². The largest absolute Gasteiger partial charge is 0.495 e. The van der Waals surface area contributed by atoms with Gasteiger partial charge >= 0.3 is 0 Å². The van der Waals surface area contributed by atoms with Crippen LogP contribution < -0.4 is 10.1 Å². The van der Waals surface area contributed by atoms with Crippen LogP contribution in [0, 0.1) is 0 Å². The molecule has 20 heavy (non-hydrogen) atoms. The highest BCUT2D eigenvalue weighted by Gasteiger charge is 2.29. The van der Waals surface area contributed by atoms with E-state index < -0.39 is 0 Å². The van der Waals surface area contributed by atoms with Crippen LogP contribution in [0.25, 0.3) is 0 Å². The molecular weight excluding hydrogens is 252 g/mol. The fourth-order valence-electron chi connectivity index (χ4n) is 2.96. The standard InChI is InChI=1S/C15H26N4O/c1-16-15(12-8-13(20-4)10-17-9-12)14-11-18(2)6-5-7-19(14)3/h8-10,14-16H,5-7,11H2,1-4H3. The number of aromatic nitrogens is 1. The minimum atomic E-state index is 0.253. The quantitative estimate of drug-likeness (QED) is 0.889. The van der Waals surface area contributed by atoms with Gasteiger partial charge in [-0.15, -0.1) is 0 Å². The summed E-state index contributed by atoms with van der Waals surface area (Å²) in [5.74, 6) is 0.812. The zero-order valence-corrected chi connectivity index (χ0v) is 13.0. The van der Waals surface area contributed by atoms with Crippen LogP contribution in [0.4, 0.5) is 0 Å². The van der Waals surface area contributed by atoms with Gasteiger partial charge in [-0.25, -0.2) is 0 Å². The molecule has 112 valence electrons. The number of pyridine rings is 1. The van der Waals surface area contributed by atoms with E-state index in [1.54, 1.807) is 13.3 Å². The summed E-state index contributed by atoms with van der Waals surface area (Å²) >= 11 is 0. The Bertz CT molecular complexity index is 426. The third-order valence-corrected chi connectivity index (χ3v) is 4.14. The molecule has 1 fully saturated rings. The molecule has 0 radical (unpaired) electrons.